The van der Waals surface area contributed by atoms with E-state index in [-0.39, 0.29) is 5.82 Å². The number of nitrogens with two attached hydrogens (primary N) is 1. The van der Waals surface area contributed by atoms with Gasteiger partial charge < -0.3 is 15.4 Å². The largest absolute Gasteiger partial charge is 0.475 e. The van der Waals surface area contributed by atoms with Gasteiger partial charge in [-0.25, -0.2) is 0 Å². The van der Waals surface area contributed by atoms with Crippen molar-refractivity contribution in [3.05, 3.63) is 16.1 Å². The van der Waals surface area contributed by atoms with E-state index in [0.717, 1.165) is 13.0 Å². The van der Waals surface area contributed by atoms with Crippen LogP contribution in [0, 0.1) is 0 Å². The minimum absolute atomic E-state index is 0.244. The zero-order chi connectivity index (χ0) is 13.1. The molecule has 1 atom stereocenters. The summed E-state index contributed by atoms with van der Waals surface area (Å²) >= 11 is 11.8. The van der Waals surface area contributed by atoms with E-state index in [1.54, 1.807) is 6.07 Å². The highest BCUT2D eigenvalue weighted by atomic mass is 35.5. The maximum Gasteiger partial charge on any atom is 0.234 e. The normalized spacial score (nSPS) is 20.9. The molecule has 0 spiro atoms. The number of likely N-dealkylation sites (N-methyl/N-ethyl adjacent to an activating group) is 1. The van der Waals surface area contributed by atoms with E-state index in [9.17, 15) is 0 Å². The highest BCUT2D eigenvalue weighted by molar-refractivity contribution is 6.36. The zero-order valence-corrected chi connectivity index (χ0v) is 11.8. The van der Waals surface area contributed by atoms with E-state index < -0.39 is 0 Å². The summed E-state index contributed by atoms with van der Waals surface area (Å²) in [6.07, 6.45) is 3.62. The number of aromatic nitrogens is 1. The number of ether oxygens (including phenoxy) is 1. The Bertz CT molecular complexity index is 428. The SMILES string of the molecule is CN1CCCCC1COc1nc(N)c(Cl)cc1Cl. The molecule has 0 radical (unpaired) electrons. The lowest BCUT2D eigenvalue weighted by atomic mass is 10.0. The summed E-state index contributed by atoms with van der Waals surface area (Å²) in [7, 11) is 2.11. The van der Waals surface area contributed by atoms with Gasteiger partial charge in [0.1, 0.15) is 17.4 Å². The third-order valence-corrected chi connectivity index (χ3v) is 3.83. The van der Waals surface area contributed by atoms with Gasteiger partial charge in [0.25, 0.3) is 0 Å². The number of pyridine rings is 1. The first kappa shape index (κ1) is 13.7. The lowest BCUT2D eigenvalue weighted by Gasteiger charge is -2.32. The smallest absolute Gasteiger partial charge is 0.234 e. The molecule has 0 bridgehead atoms. The van der Waals surface area contributed by atoms with Gasteiger partial charge in [0.15, 0.2) is 0 Å². The van der Waals surface area contributed by atoms with Gasteiger partial charge in [-0.2, -0.15) is 4.98 Å². The van der Waals surface area contributed by atoms with E-state index in [2.05, 4.69) is 16.9 Å². The summed E-state index contributed by atoms with van der Waals surface area (Å²) < 4.78 is 5.66. The molecule has 100 valence electrons. The van der Waals surface area contributed by atoms with Crippen molar-refractivity contribution in [1.29, 1.82) is 0 Å². The maximum atomic E-state index is 6.01. The van der Waals surface area contributed by atoms with Crippen LogP contribution in [0.15, 0.2) is 6.07 Å². The van der Waals surface area contributed by atoms with Crippen LogP contribution in [-0.2, 0) is 0 Å². The fourth-order valence-corrected chi connectivity index (χ4v) is 2.51. The van der Waals surface area contributed by atoms with Crippen molar-refractivity contribution in [3.63, 3.8) is 0 Å². The number of likely N-dealkylation sites (tertiary alicyclic amines) is 1. The topological polar surface area (TPSA) is 51.4 Å². The molecule has 1 aliphatic rings. The lowest BCUT2D eigenvalue weighted by molar-refractivity contribution is 0.123. The highest BCUT2D eigenvalue weighted by Crippen LogP contribution is 2.29. The number of nitrogen functional groups attached to an aromatic ring is 1. The third-order valence-electron chi connectivity index (χ3n) is 3.26. The van der Waals surface area contributed by atoms with Crippen LogP contribution < -0.4 is 10.5 Å². The number of hydrogen-bond donors (Lipinski definition) is 1. The average Bonchev–Trinajstić information content (AvgIpc) is 2.34. The second-order valence-corrected chi connectivity index (χ2v) is 5.40. The fourth-order valence-electron chi connectivity index (χ4n) is 2.09. The van der Waals surface area contributed by atoms with Gasteiger partial charge in [-0.05, 0) is 32.5 Å². The Kier molecular flexibility index (Phi) is 4.54. The van der Waals surface area contributed by atoms with E-state index in [1.807, 2.05) is 0 Å². The zero-order valence-electron chi connectivity index (χ0n) is 10.3. The Morgan fingerprint density at radius 2 is 2.22 bits per heavy atom. The Balaban J connectivity index is 1.99. The van der Waals surface area contributed by atoms with Crippen molar-refractivity contribution in [2.75, 3.05) is 25.9 Å². The van der Waals surface area contributed by atoms with Crippen molar-refractivity contribution in [2.24, 2.45) is 0 Å². The number of anilines is 1. The quantitative estimate of drug-likeness (QED) is 0.930. The lowest BCUT2D eigenvalue weighted by Crippen LogP contribution is -2.40. The number of rotatable bonds is 3. The van der Waals surface area contributed by atoms with Crippen LogP contribution in [0.5, 0.6) is 5.88 Å². The number of halogens is 2. The minimum Gasteiger partial charge on any atom is -0.475 e. The summed E-state index contributed by atoms with van der Waals surface area (Å²) in [5.74, 6) is 0.602. The summed E-state index contributed by atoms with van der Waals surface area (Å²) in [4.78, 5) is 6.36. The fraction of sp³-hybridized carbons (Fsp3) is 0.583. The molecular formula is C12H17Cl2N3O. The molecule has 1 saturated heterocycles. The third kappa shape index (κ3) is 3.19. The molecule has 1 fully saturated rings. The van der Waals surface area contributed by atoms with Crippen LogP contribution in [0.2, 0.25) is 10.0 Å². The van der Waals surface area contributed by atoms with E-state index in [1.165, 1.54) is 12.8 Å². The molecule has 2 heterocycles. The molecule has 1 aliphatic heterocycles. The number of nitrogens with zero attached hydrogens (tertiary/aromatic N) is 2. The molecule has 1 aromatic heterocycles. The van der Waals surface area contributed by atoms with Gasteiger partial charge in [-0.3, -0.25) is 0 Å². The molecule has 1 aromatic rings. The van der Waals surface area contributed by atoms with Crippen molar-refractivity contribution in [1.82, 2.24) is 9.88 Å². The van der Waals surface area contributed by atoms with Crippen molar-refractivity contribution in [2.45, 2.75) is 25.3 Å². The van der Waals surface area contributed by atoms with Crippen LogP contribution in [0.25, 0.3) is 0 Å². The molecule has 0 aliphatic carbocycles. The Labute approximate surface area is 117 Å². The van der Waals surface area contributed by atoms with Gasteiger partial charge in [-0.15, -0.1) is 0 Å². The van der Waals surface area contributed by atoms with Gasteiger partial charge in [0.05, 0.1) is 5.02 Å². The first-order valence-electron chi connectivity index (χ1n) is 6.02. The molecule has 18 heavy (non-hydrogen) atoms. The predicted octanol–water partition coefficient (Wildman–Crippen LogP) is 2.83. The second-order valence-electron chi connectivity index (χ2n) is 4.58. The van der Waals surface area contributed by atoms with Gasteiger partial charge in [0, 0.05) is 6.04 Å². The van der Waals surface area contributed by atoms with E-state index >= 15 is 0 Å². The summed E-state index contributed by atoms with van der Waals surface area (Å²) in [6.45, 7) is 1.68. The number of hydrogen-bond acceptors (Lipinski definition) is 4. The minimum atomic E-state index is 0.244. The Morgan fingerprint density at radius 3 is 2.94 bits per heavy atom. The van der Waals surface area contributed by atoms with Gasteiger partial charge in [0.2, 0.25) is 5.88 Å². The standard InChI is InChI=1S/C12H17Cl2N3O/c1-17-5-3-2-4-8(17)7-18-12-10(14)6-9(13)11(15)16-12/h6,8H,2-5,7H2,1H3,(H2,15,16). The van der Waals surface area contributed by atoms with E-state index in [0.29, 0.717) is 28.6 Å². The molecule has 4 nitrogen and oxygen atoms in total. The molecule has 2 rings (SSSR count). The maximum absolute atomic E-state index is 6.01. The van der Waals surface area contributed by atoms with Crippen LogP contribution in [0.3, 0.4) is 0 Å². The van der Waals surface area contributed by atoms with Gasteiger partial charge >= 0.3 is 0 Å². The van der Waals surface area contributed by atoms with Crippen LogP contribution in [-0.4, -0.2) is 36.1 Å². The Hall–Kier alpha value is -0.710. The summed E-state index contributed by atoms with van der Waals surface area (Å²) in [5.41, 5.74) is 5.63. The molecule has 0 aromatic carbocycles. The monoisotopic (exact) mass is 289 g/mol. The molecular weight excluding hydrogens is 273 g/mol. The molecule has 0 saturated carbocycles. The molecule has 6 heteroatoms. The Morgan fingerprint density at radius 1 is 1.44 bits per heavy atom. The second kappa shape index (κ2) is 5.95. The number of piperidine rings is 1. The van der Waals surface area contributed by atoms with Gasteiger partial charge in [-0.1, -0.05) is 29.6 Å². The first-order chi connectivity index (χ1) is 8.58. The predicted molar refractivity (Wildman–Crippen MR) is 74.4 cm³/mol. The first-order valence-corrected chi connectivity index (χ1v) is 6.78. The molecule has 1 unspecified atom stereocenters. The average molecular weight is 290 g/mol. The summed E-state index contributed by atoms with van der Waals surface area (Å²) in [5, 5.41) is 0.745. The highest BCUT2D eigenvalue weighted by Gasteiger charge is 2.20. The van der Waals surface area contributed by atoms with E-state index in [4.69, 9.17) is 33.7 Å². The van der Waals surface area contributed by atoms with Crippen molar-refractivity contribution in [3.8, 4) is 5.88 Å². The van der Waals surface area contributed by atoms with Crippen LogP contribution in [0.1, 0.15) is 19.3 Å². The van der Waals surface area contributed by atoms with Crippen LogP contribution >= 0.6 is 23.2 Å². The van der Waals surface area contributed by atoms with Crippen LogP contribution in [0.4, 0.5) is 5.82 Å². The summed E-state index contributed by atoms with van der Waals surface area (Å²) in [6, 6.07) is 1.97. The molecule has 2 N–H and O–H groups in total. The van der Waals surface area contributed by atoms with Crippen molar-refractivity contribution >= 4 is 29.0 Å². The molecule has 0 amide bonds. The van der Waals surface area contributed by atoms with Crippen molar-refractivity contribution < 1.29 is 4.74 Å².